The topological polar surface area (TPSA) is 29.1 Å². The molecule has 1 spiro atoms. The predicted octanol–water partition coefficient (Wildman–Crippen LogP) is 1.70. The van der Waals surface area contributed by atoms with E-state index >= 15 is 0 Å². The minimum absolute atomic E-state index is 0.242. The van der Waals surface area contributed by atoms with Gasteiger partial charge >= 0.3 is 0 Å². The zero-order chi connectivity index (χ0) is 8.77. The molecule has 2 fully saturated rings. The van der Waals surface area contributed by atoms with E-state index in [-0.39, 0.29) is 11.4 Å². The van der Waals surface area contributed by atoms with Crippen LogP contribution in [0.1, 0.15) is 39.5 Å². The smallest absolute Gasteiger partial charge is 0.220 e. The van der Waals surface area contributed by atoms with Gasteiger partial charge in [-0.1, -0.05) is 13.8 Å². The number of carbonyl (C=O) groups is 1. The summed E-state index contributed by atoms with van der Waals surface area (Å²) in [5.74, 6) is 1.90. The molecule has 2 rings (SSSR count). The Morgan fingerprint density at radius 2 is 2.17 bits per heavy atom. The van der Waals surface area contributed by atoms with Crippen molar-refractivity contribution in [2.24, 2.45) is 11.8 Å². The molecule has 0 unspecified atom stereocenters. The number of carbonyl (C=O) groups excluding carboxylic acids is 1. The third-order valence-electron chi connectivity index (χ3n) is 3.48. The lowest BCUT2D eigenvalue weighted by atomic mass is 9.63. The largest absolute Gasteiger partial charge is 0.351 e. The molecule has 0 bridgehead atoms. The predicted molar refractivity (Wildman–Crippen MR) is 47.7 cm³/mol. The van der Waals surface area contributed by atoms with Crippen molar-refractivity contribution < 1.29 is 4.79 Å². The van der Waals surface area contributed by atoms with Gasteiger partial charge in [-0.2, -0.15) is 0 Å². The molecular formula is C10H17NO. The molecule has 1 heterocycles. The van der Waals surface area contributed by atoms with Crippen LogP contribution in [-0.2, 0) is 4.79 Å². The normalized spacial score (nSPS) is 40.2. The van der Waals surface area contributed by atoms with Gasteiger partial charge in [0.25, 0.3) is 0 Å². The van der Waals surface area contributed by atoms with E-state index in [1.807, 2.05) is 0 Å². The molecule has 0 aromatic carbocycles. The van der Waals surface area contributed by atoms with Crippen LogP contribution in [0.4, 0.5) is 0 Å². The van der Waals surface area contributed by atoms with Crippen molar-refractivity contribution >= 4 is 5.91 Å². The molecule has 1 saturated carbocycles. The van der Waals surface area contributed by atoms with E-state index in [4.69, 9.17) is 0 Å². The van der Waals surface area contributed by atoms with Gasteiger partial charge in [0.15, 0.2) is 0 Å². The Labute approximate surface area is 73.7 Å². The van der Waals surface area contributed by atoms with Crippen molar-refractivity contribution in [2.75, 3.05) is 0 Å². The Hall–Kier alpha value is -0.530. The zero-order valence-electron chi connectivity index (χ0n) is 7.89. The van der Waals surface area contributed by atoms with Crippen molar-refractivity contribution in [2.45, 2.75) is 45.1 Å². The Balaban J connectivity index is 1.91. The van der Waals surface area contributed by atoms with Crippen molar-refractivity contribution in [1.29, 1.82) is 0 Å². The highest BCUT2D eigenvalue weighted by atomic mass is 16.2. The number of nitrogens with one attached hydrogen (secondary N) is 1. The molecular weight excluding hydrogens is 150 g/mol. The van der Waals surface area contributed by atoms with Gasteiger partial charge < -0.3 is 5.32 Å². The maximum atomic E-state index is 11.0. The van der Waals surface area contributed by atoms with Crippen LogP contribution >= 0.6 is 0 Å². The second kappa shape index (κ2) is 2.48. The van der Waals surface area contributed by atoms with Crippen LogP contribution in [0.2, 0.25) is 0 Å². The van der Waals surface area contributed by atoms with Gasteiger partial charge in [-0.15, -0.1) is 0 Å². The fourth-order valence-corrected chi connectivity index (χ4v) is 2.50. The molecule has 0 radical (unpaired) electrons. The van der Waals surface area contributed by atoms with E-state index in [9.17, 15) is 4.79 Å². The average molecular weight is 167 g/mol. The number of hydrogen-bond acceptors (Lipinski definition) is 1. The van der Waals surface area contributed by atoms with E-state index < -0.39 is 0 Å². The SMILES string of the molecule is CC(C)C1CC2(CCC(=O)N2)C1. The second-order valence-electron chi connectivity index (χ2n) is 4.74. The molecule has 0 aromatic heterocycles. The third-order valence-corrected chi connectivity index (χ3v) is 3.48. The fourth-order valence-electron chi connectivity index (χ4n) is 2.50. The van der Waals surface area contributed by atoms with Crippen LogP contribution in [0.15, 0.2) is 0 Å². The van der Waals surface area contributed by atoms with Crippen LogP contribution < -0.4 is 5.32 Å². The number of amides is 1. The Morgan fingerprint density at radius 1 is 1.50 bits per heavy atom. The van der Waals surface area contributed by atoms with E-state index in [0.717, 1.165) is 24.7 Å². The van der Waals surface area contributed by atoms with Gasteiger partial charge in [-0.05, 0) is 31.1 Å². The van der Waals surface area contributed by atoms with E-state index in [0.29, 0.717) is 0 Å². The summed E-state index contributed by atoms with van der Waals surface area (Å²) < 4.78 is 0. The van der Waals surface area contributed by atoms with Gasteiger partial charge in [-0.25, -0.2) is 0 Å². The van der Waals surface area contributed by atoms with Crippen molar-refractivity contribution in [3.8, 4) is 0 Å². The molecule has 0 atom stereocenters. The molecule has 12 heavy (non-hydrogen) atoms. The van der Waals surface area contributed by atoms with E-state index in [1.165, 1.54) is 12.8 Å². The Morgan fingerprint density at radius 3 is 2.58 bits per heavy atom. The lowest BCUT2D eigenvalue weighted by Gasteiger charge is -2.47. The quantitative estimate of drug-likeness (QED) is 0.632. The summed E-state index contributed by atoms with van der Waals surface area (Å²) in [6, 6.07) is 0. The van der Waals surface area contributed by atoms with Gasteiger partial charge in [0.1, 0.15) is 0 Å². The summed E-state index contributed by atoms with van der Waals surface area (Å²) >= 11 is 0. The summed E-state index contributed by atoms with van der Waals surface area (Å²) in [6.45, 7) is 4.54. The number of rotatable bonds is 1. The molecule has 1 saturated heterocycles. The lowest BCUT2D eigenvalue weighted by molar-refractivity contribution is -0.120. The molecule has 0 aromatic rings. The highest BCUT2D eigenvalue weighted by Gasteiger charge is 2.48. The average Bonchev–Trinajstić information content (AvgIpc) is 2.27. The summed E-state index contributed by atoms with van der Waals surface area (Å²) in [4.78, 5) is 11.0. The first-order valence-corrected chi connectivity index (χ1v) is 4.92. The van der Waals surface area contributed by atoms with Crippen LogP contribution in [0.25, 0.3) is 0 Å². The van der Waals surface area contributed by atoms with Gasteiger partial charge in [0, 0.05) is 12.0 Å². The van der Waals surface area contributed by atoms with Crippen LogP contribution in [0.3, 0.4) is 0 Å². The third kappa shape index (κ3) is 1.13. The monoisotopic (exact) mass is 167 g/mol. The molecule has 1 N–H and O–H groups in total. The highest BCUT2D eigenvalue weighted by Crippen LogP contribution is 2.46. The fraction of sp³-hybridized carbons (Fsp3) is 0.900. The summed E-state index contributed by atoms with van der Waals surface area (Å²) in [7, 11) is 0. The molecule has 1 aliphatic carbocycles. The van der Waals surface area contributed by atoms with E-state index in [1.54, 1.807) is 0 Å². The number of hydrogen-bond donors (Lipinski definition) is 1. The molecule has 2 aliphatic rings. The standard InChI is InChI=1S/C10H17NO/c1-7(2)8-5-10(6-8)4-3-9(12)11-10/h7-8H,3-6H2,1-2H3,(H,11,12). The first kappa shape index (κ1) is 8.09. The summed E-state index contributed by atoms with van der Waals surface area (Å²) in [5, 5.41) is 3.11. The van der Waals surface area contributed by atoms with Gasteiger partial charge in [-0.3, -0.25) is 4.79 Å². The minimum atomic E-state index is 0.242. The summed E-state index contributed by atoms with van der Waals surface area (Å²) in [5.41, 5.74) is 0.242. The first-order valence-electron chi connectivity index (χ1n) is 4.92. The second-order valence-corrected chi connectivity index (χ2v) is 4.74. The molecule has 2 nitrogen and oxygen atoms in total. The molecule has 2 heteroatoms. The Kier molecular flexibility index (Phi) is 1.67. The highest BCUT2D eigenvalue weighted by molar-refractivity contribution is 5.79. The Bertz CT molecular complexity index is 204. The minimum Gasteiger partial charge on any atom is -0.351 e. The maximum absolute atomic E-state index is 11.0. The van der Waals surface area contributed by atoms with Gasteiger partial charge in [0.2, 0.25) is 5.91 Å². The van der Waals surface area contributed by atoms with Crippen LogP contribution in [0, 0.1) is 11.8 Å². The maximum Gasteiger partial charge on any atom is 0.220 e. The van der Waals surface area contributed by atoms with E-state index in [2.05, 4.69) is 19.2 Å². The zero-order valence-corrected chi connectivity index (χ0v) is 7.89. The lowest BCUT2D eigenvalue weighted by Crippen LogP contribution is -2.53. The van der Waals surface area contributed by atoms with Gasteiger partial charge in [0.05, 0.1) is 0 Å². The molecule has 1 aliphatic heterocycles. The first-order chi connectivity index (χ1) is 5.61. The van der Waals surface area contributed by atoms with Crippen LogP contribution in [-0.4, -0.2) is 11.4 Å². The molecule has 68 valence electrons. The van der Waals surface area contributed by atoms with Crippen molar-refractivity contribution in [3.63, 3.8) is 0 Å². The summed E-state index contributed by atoms with van der Waals surface area (Å²) in [6.07, 6.45) is 4.27. The van der Waals surface area contributed by atoms with Crippen LogP contribution in [0.5, 0.6) is 0 Å². The van der Waals surface area contributed by atoms with Crippen molar-refractivity contribution in [3.05, 3.63) is 0 Å². The molecule has 1 amide bonds. The van der Waals surface area contributed by atoms with Crippen molar-refractivity contribution in [1.82, 2.24) is 5.32 Å².